The first-order valence-corrected chi connectivity index (χ1v) is 3.42. The van der Waals surface area contributed by atoms with Gasteiger partial charge in [-0.3, -0.25) is 4.79 Å². The zero-order valence-electron chi connectivity index (χ0n) is 6.65. The van der Waals surface area contributed by atoms with E-state index in [9.17, 15) is 4.79 Å². The van der Waals surface area contributed by atoms with Crippen LogP contribution in [-0.2, 0) is 9.53 Å². The number of hydrogen-bond acceptors (Lipinski definition) is 4. The Morgan fingerprint density at radius 2 is 2.33 bits per heavy atom. The van der Waals surface area contributed by atoms with Crippen LogP contribution in [0.4, 0.5) is 0 Å². The molecular weight excluding hydrogens is 158 g/mol. The third kappa shape index (κ3) is 1.79. The lowest BCUT2D eigenvalue weighted by molar-refractivity contribution is -0.110. The molecule has 0 saturated carbocycles. The predicted molar refractivity (Wildman–Crippen MR) is 43.3 cm³/mol. The van der Waals surface area contributed by atoms with E-state index in [1.165, 1.54) is 25.3 Å². The maximum Gasteiger partial charge on any atom is 0.179 e. The Morgan fingerprint density at radius 1 is 1.58 bits per heavy atom. The monoisotopic (exact) mass is 167 g/mol. The smallest absolute Gasteiger partial charge is 0.179 e. The van der Waals surface area contributed by atoms with E-state index in [0.717, 1.165) is 0 Å². The fraction of sp³-hybridized carbons (Fsp3) is 0.250. The van der Waals surface area contributed by atoms with Crippen LogP contribution in [0.25, 0.3) is 0 Å². The number of allylic oxidation sites excluding steroid dienone is 3. The molecule has 12 heavy (non-hydrogen) atoms. The molecule has 0 radical (unpaired) electrons. The number of methoxy groups -OCH3 is 1. The summed E-state index contributed by atoms with van der Waals surface area (Å²) in [6.07, 6.45) is 4.18. The van der Waals surface area contributed by atoms with Crippen LogP contribution in [0.1, 0.15) is 0 Å². The van der Waals surface area contributed by atoms with E-state index in [4.69, 9.17) is 9.94 Å². The van der Waals surface area contributed by atoms with Crippen LogP contribution >= 0.6 is 0 Å². The molecule has 0 bridgehead atoms. The van der Waals surface area contributed by atoms with E-state index in [0.29, 0.717) is 11.3 Å². The van der Waals surface area contributed by atoms with Gasteiger partial charge in [-0.25, -0.2) is 0 Å². The number of carbonyl (C=O) groups excluding carboxylic acids is 1. The molecule has 64 valence electrons. The lowest BCUT2D eigenvalue weighted by atomic mass is 10.0. The van der Waals surface area contributed by atoms with Gasteiger partial charge in [0.1, 0.15) is 5.71 Å². The summed E-state index contributed by atoms with van der Waals surface area (Å²) in [5, 5.41) is 11.5. The van der Waals surface area contributed by atoms with Crippen molar-refractivity contribution < 1.29 is 14.7 Å². The minimum atomic E-state index is -0.116. The van der Waals surface area contributed by atoms with E-state index >= 15 is 0 Å². The van der Waals surface area contributed by atoms with Gasteiger partial charge in [-0.1, -0.05) is 5.16 Å². The van der Waals surface area contributed by atoms with Gasteiger partial charge in [-0.2, -0.15) is 0 Å². The maximum absolute atomic E-state index is 10.9. The minimum Gasteiger partial charge on any atom is -0.410 e. The van der Waals surface area contributed by atoms with Crippen LogP contribution in [0.3, 0.4) is 0 Å². The van der Waals surface area contributed by atoms with Gasteiger partial charge in [-0.05, 0) is 18.2 Å². The predicted octanol–water partition coefficient (Wildman–Crippen LogP) is 0.528. The summed E-state index contributed by atoms with van der Waals surface area (Å²) >= 11 is 0. The highest BCUT2D eigenvalue weighted by Gasteiger charge is 2.10. The molecule has 1 N–H and O–H groups in total. The summed E-state index contributed by atoms with van der Waals surface area (Å²) in [5.74, 6) is -0.116. The molecule has 0 atom stereocenters. The quantitative estimate of drug-likeness (QED) is 0.370. The number of ether oxygens (including phenoxy) is 1. The van der Waals surface area contributed by atoms with Crippen LogP contribution in [0.15, 0.2) is 29.0 Å². The van der Waals surface area contributed by atoms with E-state index < -0.39 is 0 Å². The zero-order chi connectivity index (χ0) is 8.97. The molecule has 0 aromatic rings. The number of hydrogen-bond donors (Lipinski definition) is 1. The summed E-state index contributed by atoms with van der Waals surface area (Å²) in [7, 11) is 1.51. The van der Waals surface area contributed by atoms with Crippen molar-refractivity contribution in [3.63, 3.8) is 0 Å². The van der Waals surface area contributed by atoms with Crippen LogP contribution in [0.2, 0.25) is 0 Å². The lowest BCUT2D eigenvalue weighted by Gasteiger charge is -2.07. The SMILES string of the molecule is COCC1=CC(=O)C=CC1=NO. The molecule has 0 aromatic carbocycles. The largest absolute Gasteiger partial charge is 0.410 e. The Hall–Kier alpha value is -1.42. The Kier molecular flexibility index (Phi) is 2.76. The average molecular weight is 167 g/mol. The topological polar surface area (TPSA) is 58.9 Å². The van der Waals surface area contributed by atoms with Gasteiger partial charge in [0, 0.05) is 12.7 Å². The first-order valence-electron chi connectivity index (χ1n) is 3.42. The van der Waals surface area contributed by atoms with Crippen molar-refractivity contribution in [2.45, 2.75) is 0 Å². The molecule has 4 heteroatoms. The van der Waals surface area contributed by atoms with Crippen molar-refractivity contribution in [1.29, 1.82) is 0 Å². The number of nitrogens with zero attached hydrogens (tertiary/aromatic N) is 1. The van der Waals surface area contributed by atoms with E-state index in [-0.39, 0.29) is 12.4 Å². The van der Waals surface area contributed by atoms with Crippen molar-refractivity contribution in [3.05, 3.63) is 23.8 Å². The highest BCUT2D eigenvalue weighted by molar-refractivity contribution is 6.19. The van der Waals surface area contributed by atoms with Gasteiger partial charge in [0.25, 0.3) is 0 Å². The fourth-order valence-electron chi connectivity index (χ4n) is 0.931. The van der Waals surface area contributed by atoms with Crippen molar-refractivity contribution in [1.82, 2.24) is 0 Å². The first kappa shape index (κ1) is 8.67. The average Bonchev–Trinajstić information content (AvgIpc) is 2.05. The van der Waals surface area contributed by atoms with Gasteiger partial charge < -0.3 is 9.94 Å². The molecular formula is C8H9NO3. The molecule has 0 aliphatic heterocycles. The van der Waals surface area contributed by atoms with E-state index in [1.54, 1.807) is 0 Å². The number of rotatable bonds is 2. The molecule has 1 aliphatic rings. The zero-order valence-corrected chi connectivity index (χ0v) is 6.65. The number of oxime groups is 1. The molecule has 0 heterocycles. The van der Waals surface area contributed by atoms with Crippen LogP contribution in [-0.4, -0.2) is 30.4 Å². The van der Waals surface area contributed by atoms with Crippen LogP contribution in [0.5, 0.6) is 0 Å². The molecule has 0 fully saturated rings. The molecule has 0 saturated heterocycles. The van der Waals surface area contributed by atoms with E-state index in [2.05, 4.69) is 5.16 Å². The molecule has 0 amide bonds. The first-order chi connectivity index (χ1) is 5.77. The van der Waals surface area contributed by atoms with Gasteiger partial charge in [0.15, 0.2) is 5.78 Å². The summed E-state index contributed by atoms with van der Waals surface area (Å²) < 4.78 is 4.82. The highest BCUT2D eigenvalue weighted by atomic mass is 16.5. The van der Waals surface area contributed by atoms with E-state index in [1.807, 2.05) is 0 Å². The van der Waals surface area contributed by atoms with Gasteiger partial charge >= 0.3 is 0 Å². The Labute approximate surface area is 69.8 Å². The highest BCUT2D eigenvalue weighted by Crippen LogP contribution is 2.06. The lowest BCUT2D eigenvalue weighted by Crippen LogP contribution is -2.12. The Bertz CT molecular complexity index is 276. The fourth-order valence-corrected chi connectivity index (χ4v) is 0.931. The van der Waals surface area contributed by atoms with Crippen LogP contribution in [0, 0.1) is 0 Å². The number of ketones is 1. The second kappa shape index (κ2) is 3.82. The molecule has 0 unspecified atom stereocenters. The second-order valence-corrected chi connectivity index (χ2v) is 2.32. The van der Waals surface area contributed by atoms with Gasteiger partial charge in [0.05, 0.1) is 6.61 Å². The Morgan fingerprint density at radius 3 is 2.92 bits per heavy atom. The minimum absolute atomic E-state index is 0.116. The van der Waals surface area contributed by atoms with Crippen LogP contribution < -0.4 is 0 Å². The molecule has 0 spiro atoms. The summed E-state index contributed by atoms with van der Waals surface area (Å²) in [5.41, 5.74) is 0.962. The normalized spacial score (nSPS) is 19.9. The van der Waals surface area contributed by atoms with Gasteiger partial charge in [-0.15, -0.1) is 0 Å². The molecule has 1 aliphatic carbocycles. The van der Waals surface area contributed by atoms with Crippen molar-refractivity contribution in [2.75, 3.05) is 13.7 Å². The maximum atomic E-state index is 10.9. The summed E-state index contributed by atoms with van der Waals surface area (Å²) in [4.78, 5) is 10.9. The standard InChI is InChI=1S/C8H9NO3/c1-12-5-6-4-7(10)2-3-8(6)9-11/h2-4,11H,5H2,1H3. The summed E-state index contributed by atoms with van der Waals surface area (Å²) in [6.45, 7) is 0.273. The second-order valence-electron chi connectivity index (χ2n) is 2.32. The Balaban J connectivity index is 2.85. The molecule has 4 nitrogen and oxygen atoms in total. The molecule has 1 rings (SSSR count). The van der Waals surface area contributed by atoms with Gasteiger partial charge in [0.2, 0.25) is 0 Å². The third-order valence-corrected chi connectivity index (χ3v) is 1.46. The number of carbonyl (C=O) groups is 1. The van der Waals surface area contributed by atoms with Crippen molar-refractivity contribution >= 4 is 11.5 Å². The van der Waals surface area contributed by atoms with Crippen molar-refractivity contribution in [2.24, 2.45) is 5.16 Å². The molecule has 0 aromatic heterocycles. The summed E-state index contributed by atoms with van der Waals surface area (Å²) in [6, 6.07) is 0. The van der Waals surface area contributed by atoms with Crippen molar-refractivity contribution in [3.8, 4) is 0 Å². The third-order valence-electron chi connectivity index (χ3n) is 1.46.